The minimum absolute atomic E-state index is 0.0269. The second-order valence-electron chi connectivity index (χ2n) is 7.75. The van der Waals surface area contributed by atoms with Crippen molar-refractivity contribution in [1.29, 1.82) is 0 Å². The summed E-state index contributed by atoms with van der Waals surface area (Å²) in [6.07, 6.45) is 0.745. The SMILES string of the molecule is Nc1ccc(CCC(=O)Nc2ccc(CCC(=O)N3CC[C@@H](O)[C@H](O)C3)cc2)cc1. The zero-order valence-corrected chi connectivity index (χ0v) is 17.0. The average molecular weight is 412 g/mol. The molecule has 0 unspecified atom stereocenters. The van der Waals surface area contributed by atoms with E-state index >= 15 is 0 Å². The molecule has 2 aromatic carbocycles. The number of aryl methyl sites for hydroxylation is 2. The van der Waals surface area contributed by atoms with Crippen molar-refractivity contribution in [3.05, 3.63) is 59.7 Å². The third-order valence-corrected chi connectivity index (χ3v) is 5.38. The third kappa shape index (κ3) is 6.30. The number of amides is 2. The molecule has 1 aliphatic heterocycles. The fourth-order valence-electron chi connectivity index (χ4n) is 3.48. The summed E-state index contributed by atoms with van der Waals surface area (Å²) in [6, 6.07) is 15.0. The highest BCUT2D eigenvalue weighted by atomic mass is 16.3. The molecule has 7 nitrogen and oxygen atoms in total. The first-order valence-electron chi connectivity index (χ1n) is 10.3. The van der Waals surface area contributed by atoms with Gasteiger partial charge in [0, 0.05) is 37.3 Å². The van der Waals surface area contributed by atoms with Gasteiger partial charge in [-0.15, -0.1) is 0 Å². The molecule has 30 heavy (non-hydrogen) atoms. The van der Waals surface area contributed by atoms with Gasteiger partial charge in [-0.1, -0.05) is 24.3 Å². The van der Waals surface area contributed by atoms with Crippen LogP contribution in [0.4, 0.5) is 11.4 Å². The third-order valence-electron chi connectivity index (χ3n) is 5.38. The van der Waals surface area contributed by atoms with Crippen LogP contribution in [0.1, 0.15) is 30.4 Å². The molecule has 0 bridgehead atoms. The predicted molar refractivity (Wildman–Crippen MR) is 116 cm³/mol. The second-order valence-corrected chi connectivity index (χ2v) is 7.75. The highest BCUT2D eigenvalue weighted by molar-refractivity contribution is 5.90. The fraction of sp³-hybridized carbons (Fsp3) is 0.391. The molecular weight excluding hydrogens is 382 g/mol. The minimum atomic E-state index is -0.870. The van der Waals surface area contributed by atoms with Crippen LogP contribution >= 0.6 is 0 Å². The highest BCUT2D eigenvalue weighted by Gasteiger charge is 2.28. The summed E-state index contributed by atoms with van der Waals surface area (Å²) in [5.74, 6) is -0.0819. The van der Waals surface area contributed by atoms with E-state index in [1.54, 1.807) is 4.90 Å². The van der Waals surface area contributed by atoms with E-state index in [1.807, 2.05) is 48.5 Å². The summed E-state index contributed by atoms with van der Waals surface area (Å²) < 4.78 is 0. The number of aliphatic hydroxyl groups is 2. The van der Waals surface area contributed by atoms with E-state index in [2.05, 4.69) is 5.32 Å². The Bertz CT molecular complexity index is 852. The van der Waals surface area contributed by atoms with Gasteiger partial charge in [0.05, 0.1) is 12.2 Å². The molecular formula is C23H29N3O4. The molecule has 2 aromatic rings. The number of nitrogens with two attached hydrogens (primary N) is 1. The van der Waals surface area contributed by atoms with Crippen LogP contribution in [0.3, 0.4) is 0 Å². The van der Waals surface area contributed by atoms with Crippen molar-refractivity contribution >= 4 is 23.2 Å². The number of nitrogens with one attached hydrogen (secondary N) is 1. The molecule has 2 amide bonds. The van der Waals surface area contributed by atoms with Crippen molar-refractivity contribution in [3.8, 4) is 0 Å². The Balaban J connectivity index is 1.41. The van der Waals surface area contributed by atoms with E-state index in [-0.39, 0.29) is 18.4 Å². The predicted octanol–water partition coefficient (Wildman–Crippen LogP) is 1.73. The smallest absolute Gasteiger partial charge is 0.224 e. The van der Waals surface area contributed by atoms with E-state index in [0.29, 0.717) is 44.3 Å². The van der Waals surface area contributed by atoms with Gasteiger partial charge in [-0.25, -0.2) is 0 Å². The van der Waals surface area contributed by atoms with Crippen molar-refractivity contribution in [3.63, 3.8) is 0 Å². The zero-order valence-electron chi connectivity index (χ0n) is 17.0. The van der Waals surface area contributed by atoms with Crippen LogP contribution in [0.25, 0.3) is 0 Å². The van der Waals surface area contributed by atoms with Gasteiger partial charge in [0.2, 0.25) is 11.8 Å². The van der Waals surface area contributed by atoms with E-state index in [0.717, 1.165) is 16.8 Å². The normalized spacial score (nSPS) is 18.8. The Labute approximate surface area is 176 Å². The number of anilines is 2. The van der Waals surface area contributed by atoms with Crippen molar-refractivity contribution in [2.75, 3.05) is 24.1 Å². The Morgan fingerprint density at radius 3 is 2.17 bits per heavy atom. The Kier molecular flexibility index (Phi) is 7.43. The van der Waals surface area contributed by atoms with E-state index in [1.165, 1.54) is 0 Å². The quantitative estimate of drug-likeness (QED) is 0.518. The molecule has 7 heteroatoms. The molecule has 2 atom stereocenters. The summed E-state index contributed by atoms with van der Waals surface area (Å²) in [5.41, 5.74) is 9.16. The topological polar surface area (TPSA) is 116 Å². The summed E-state index contributed by atoms with van der Waals surface area (Å²) in [4.78, 5) is 26.1. The van der Waals surface area contributed by atoms with Crippen LogP contribution < -0.4 is 11.1 Å². The highest BCUT2D eigenvalue weighted by Crippen LogP contribution is 2.15. The molecule has 3 rings (SSSR count). The standard InChI is InChI=1S/C23H29N3O4/c24-18-7-1-16(2-8-18)5-11-22(29)25-19-9-3-17(4-10-19)6-12-23(30)26-14-13-20(27)21(28)15-26/h1-4,7-10,20-21,27-28H,5-6,11-15,24H2,(H,25,29)/t20-,21-/m1/s1. The van der Waals surface area contributed by atoms with E-state index < -0.39 is 12.2 Å². The van der Waals surface area contributed by atoms with Gasteiger partial charge in [0.25, 0.3) is 0 Å². The number of β-amino-alcohol motifs (C(OH)–C–C–N with tert-alkyl or cyclic N) is 1. The number of piperidine rings is 1. The Hall–Kier alpha value is -2.90. The van der Waals surface area contributed by atoms with Gasteiger partial charge >= 0.3 is 0 Å². The van der Waals surface area contributed by atoms with Crippen LogP contribution in [0.15, 0.2) is 48.5 Å². The van der Waals surface area contributed by atoms with Gasteiger partial charge in [-0.2, -0.15) is 0 Å². The molecule has 0 aliphatic carbocycles. The van der Waals surface area contributed by atoms with Crippen molar-refractivity contribution in [2.45, 2.75) is 44.3 Å². The lowest BCUT2D eigenvalue weighted by Crippen LogP contribution is -2.49. The Morgan fingerprint density at radius 1 is 0.933 bits per heavy atom. The number of nitrogen functional groups attached to an aromatic ring is 1. The van der Waals surface area contributed by atoms with Crippen molar-refractivity contribution in [1.82, 2.24) is 4.90 Å². The average Bonchev–Trinajstić information content (AvgIpc) is 2.74. The van der Waals surface area contributed by atoms with Gasteiger partial charge in [-0.05, 0) is 54.7 Å². The summed E-state index contributed by atoms with van der Waals surface area (Å²) in [5, 5.41) is 22.2. The van der Waals surface area contributed by atoms with Crippen LogP contribution in [0.2, 0.25) is 0 Å². The lowest BCUT2D eigenvalue weighted by Gasteiger charge is -2.33. The van der Waals surface area contributed by atoms with Crippen molar-refractivity contribution < 1.29 is 19.8 Å². The molecule has 0 spiro atoms. The van der Waals surface area contributed by atoms with Crippen molar-refractivity contribution in [2.24, 2.45) is 0 Å². The van der Waals surface area contributed by atoms with E-state index in [9.17, 15) is 19.8 Å². The number of likely N-dealkylation sites (tertiary alicyclic amines) is 1. The zero-order chi connectivity index (χ0) is 21.5. The molecule has 0 radical (unpaired) electrons. The molecule has 1 heterocycles. The van der Waals surface area contributed by atoms with Crippen LogP contribution in [0, 0.1) is 0 Å². The Morgan fingerprint density at radius 2 is 1.53 bits per heavy atom. The van der Waals surface area contributed by atoms with Crippen LogP contribution in [-0.2, 0) is 22.4 Å². The van der Waals surface area contributed by atoms with Gasteiger partial charge in [0.15, 0.2) is 0 Å². The molecule has 1 aliphatic rings. The number of carbonyl (C=O) groups is 2. The number of aliphatic hydroxyl groups excluding tert-OH is 2. The number of hydrogen-bond donors (Lipinski definition) is 4. The van der Waals surface area contributed by atoms with Crippen LogP contribution in [0.5, 0.6) is 0 Å². The molecule has 160 valence electrons. The number of hydrogen-bond acceptors (Lipinski definition) is 5. The molecule has 0 saturated carbocycles. The van der Waals surface area contributed by atoms with Crippen LogP contribution in [-0.4, -0.2) is 52.2 Å². The number of benzene rings is 2. The molecule has 1 fully saturated rings. The number of nitrogens with zero attached hydrogens (tertiary/aromatic N) is 1. The lowest BCUT2D eigenvalue weighted by molar-refractivity contribution is -0.137. The molecule has 5 N–H and O–H groups in total. The first kappa shape index (κ1) is 21.8. The summed E-state index contributed by atoms with van der Waals surface area (Å²) in [7, 11) is 0. The largest absolute Gasteiger partial charge is 0.399 e. The first-order valence-corrected chi connectivity index (χ1v) is 10.3. The maximum atomic E-state index is 12.3. The number of rotatable bonds is 7. The monoisotopic (exact) mass is 411 g/mol. The summed E-state index contributed by atoms with van der Waals surface area (Å²) >= 11 is 0. The van der Waals surface area contributed by atoms with E-state index in [4.69, 9.17) is 5.73 Å². The summed E-state index contributed by atoms with van der Waals surface area (Å²) in [6.45, 7) is 0.653. The van der Waals surface area contributed by atoms with Gasteiger partial charge in [-0.3, -0.25) is 9.59 Å². The van der Waals surface area contributed by atoms with Gasteiger partial charge in [0.1, 0.15) is 0 Å². The maximum absolute atomic E-state index is 12.3. The molecule has 0 aromatic heterocycles. The molecule has 1 saturated heterocycles. The van der Waals surface area contributed by atoms with Gasteiger partial charge < -0.3 is 26.2 Å². The first-order chi connectivity index (χ1) is 14.4. The minimum Gasteiger partial charge on any atom is -0.399 e. The fourth-order valence-corrected chi connectivity index (χ4v) is 3.48. The second kappa shape index (κ2) is 10.2. The maximum Gasteiger partial charge on any atom is 0.224 e. The number of carbonyl (C=O) groups excluding carboxylic acids is 2. The lowest BCUT2D eigenvalue weighted by atomic mass is 10.0.